The van der Waals surface area contributed by atoms with Crippen molar-refractivity contribution in [2.24, 2.45) is 7.05 Å². The molecule has 1 aromatic carbocycles. The molecule has 25 heavy (non-hydrogen) atoms. The molecule has 3 rings (SSSR count). The van der Waals surface area contributed by atoms with Gasteiger partial charge >= 0.3 is 157 Å². The van der Waals surface area contributed by atoms with Crippen LogP contribution >= 0.6 is 0 Å². The van der Waals surface area contributed by atoms with Crippen molar-refractivity contribution in [3.63, 3.8) is 0 Å². The molecule has 0 bridgehead atoms. The van der Waals surface area contributed by atoms with Gasteiger partial charge < -0.3 is 0 Å². The van der Waals surface area contributed by atoms with Crippen LogP contribution in [0.3, 0.4) is 0 Å². The van der Waals surface area contributed by atoms with E-state index in [1.807, 2.05) is 0 Å². The van der Waals surface area contributed by atoms with Gasteiger partial charge in [0.25, 0.3) is 0 Å². The molecule has 0 amide bonds. The van der Waals surface area contributed by atoms with Crippen molar-refractivity contribution in [2.45, 2.75) is 69.6 Å². The van der Waals surface area contributed by atoms with Crippen LogP contribution in [0.15, 0.2) is 24.4 Å². The number of rotatable bonds is 3. The van der Waals surface area contributed by atoms with Gasteiger partial charge in [0.1, 0.15) is 0 Å². The van der Waals surface area contributed by atoms with Crippen LogP contribution in [-0.2, 0) is 19.9 Å². The molecule has 0 fully saturated rings. The monoisotopic (exact) mass is 398 g/mol. The molecule has 0 atom stereocenters. The van der Waals surface area contributed by atoms with E-state index in [0.717, 1.165) is 0 Å². The normalized spacial score (nSPS) is 14.7. The Balaban J connectivity index is 2.27. The molecule has 0 N–H and O–H groups in total. The molecule has 1 nitrogen and oxygen atoms in total. The third kappa shape index (κ3) is 3.58. The van der Waals surface area contributed by atoms with Gasteiger partial charge in [-0.3, -0.25) is 0 Å². The number of nitrogens with zero attached hydrogens (tertiary/aromatic N) is 1. The first-order chi connectivity index (χ1) is 11.7. The number of aryl methyl sites for hydroxylation is 3. The van der Waals surface area contributed by atoms with Gasteiger partial charge in [0, 0.05) is 0 Å². The number of aromatic nitrogens is 1. The Hall–Kier alpha value is -1.09. The summed E-state index contributed by atoms with van der Waals surface area (Å²) in [7, 11) is 2.25. The Labute approximate surface area is 156 Å². The van der Waals surface area contributed by atoms with E-state index in [1.165, 1.54) is 42.5 Å². The van der Waals surface area contributed by atoms with Gasteiger partial charge in [0.2, 0.25) is 0 Å². The molecule has 2 aromatic rings. The molecule has 0 saturated carbocycles. The summed E-state index contributed by atoms with van der Waals surface area (Å²) in [5, 5.41) is 0. The molecule has 0 spiro atoms. The second kappa shape index (κ2) is 6.91. The van der Waals surface area contributed by atoms with E-state index in [9.17, 15) is 0 Å². The Morgan fingerprint density at radius 1 is 1.04 bits per heavy atom. The third-order valence-corrected chi connectivity index (χ3v) is 10.0. The molecule has 2 heteroatoms. The van der Waals surface area contributed by atoms with E-state index in [0.29, 0.717) is 5.92 Å². The summed E-state index contributed by atoms with van der Waals surface area (Å²) in [4.78, 5) is 0. The van der Waals surface area contributed by atoms with E-state index in [-0.39, 0.29) is 0 Å². The van der Waals surface area contributed by atoms with Crippen LogP contribution in [0.25, 0.3) is 11.3 Å². The summed E-state index contributed by atoms with van der Waals surface area (Å²) in [6.45, 7) is 6.99. The van der Waals surface area contributed by atoms with Crippen molar-refractivity contribution in [3.05, 3.63) is 46.6 Å². The maximum absolute atomic E-state index is 2.52. The average Bonchev–Trinajstić information content (AvgIpc) is 2.54. The van der Waals surface area contributed by atoms with Gasteiger partial charge in [-0.25, -0.2) is 0 Å². The van der Waals surface area contributed by atoms with Crippen molar-refractivity contribution < 1.29 is 4.57 Å². The predicted octanol–water partition coefficient (Wildman–Crippen LogP) is 5.03. The van der Waals surface area contributed by atoms with Crippen LogP contribution in [-0.4, -0.2) is 13.3 Å². The number of hydrogen-bond donors (Lipinski definition) is 0. The molecule has 1 aliphatic carbocycles. The molecule has 0 saturated heterocycles. The summed E-state index contributed by atoms with van der Waals surface area (Å²) < 4.78 is 4.07. The molecular formula is C23H34GeN+. The second-order valence-electron chi connectivity index (χ2n) is 9.15. The summed E-state index contributed by atoms with van der Waals surface area (Å²) in [5.41, 5.74) is 9.12. The summed E-state index contributed by atoms with van der Waals surface area (Å²) in [5.74, 6) is 8.11. The Morgan fingerprint density at radius 3 is 2.36 bits per heavy atom. The first kappa shape index (κ1) is 18.7. The SMILES string of the molecule is Cc1ccc2c(c1-c1cc(C(C)C)[c]([Ge]([CH3])([CH3])[CH3])c[n+]1C)CCCC2. The van der Waals surface area contributed by atoms with Crippen molar-refractivity contribution in [3.8, 4) is 11.3 Å². The van der Waals surface area contributed by atoms with Crippen LogP contribution in [0.5, 0.6) is 0 Å². The fourth-order valence-corrected chi connectivity index (χ4v) is 8.11. The number of fused-ring (bicyclic) bond motifs is 1. The van der Waals surface area contributed by atoms with E-state index in [1.54, 1.807) is 21.1 Å². The van der Waals surface area contributed by atoms with Crippen LogP contribution < -0.4 is 8.96 Å². The Morgan fingerprint density at radius 2 is 1.72 bits per heavy atom. The Kier molecular flexibility index (Phi) is 5.17. The molecule has 0 aliphatic heterocycles. The number of hydrogen-bond acceptors (Lipinski definition) is 0. The fraction of sp³-hybridized carbons (Fsp3) is 0.522. The topological polar surface area (TPSA) is 3.88 Å². The van der Waals surface area contributed by atoms with Gasteiger partial charge in [0.05, 0.1) is 0 Å². The van der Waals surface area contributed by atoms with E-state index in [2.05, 4.69) is 74.1 Å². The first-order valence-electron chi connectivity index (χ1n) is 9.86. The second-order valence-corrected chi connectivity index (χ2v) is 19.7. The minimum absolute atomic E-state index is 0.583. The summed E-state index contributed by atoms with van der Waals surface area (Å²) >= 11 is -1.89. The van der Waals surface area contributed by atoms with Crippen molar-refractivity contribution in [1.29, 1.82) is 0 Å². The van der Waals surface area contributed by atoms with Crippen LogP contribution in [0.2, 0.25) is 17.3 Å². The third-order valence-electron chi connectivity index (χ3n) is 5.73. The quantitative estimate of drug-likeness (QED) is 0.505. The van der Waals surface area contributed by atoms with Gasteiger partial charge in [-0.2, -0.15) is 0 Å². The molecule has 0 unspecified atom stereocenters. The number of pyridine rings is 1. The van der Waals surface area contributed by atoms with E-state index >= 15 is 0 Å². The van der Waals surface area contributed by atoms with Crippen molar-refractivity contribution >= 4 is 17.7 Å². The van der Waals surface area contributed by atoms with Crippen molar-refractivity contribution in [1.82, 2.24) is 0 Å². The van der Waals surface area contributed by atoms with Crippen LogP contribution in [0.4, 0.5) is 0 Å². The van der Waals surface area contributed by atoms with Gasteiger partial charge in [-0.15, -0.1) is 0 Å². The summed E-state index contributed by atoms with van der Waals surface area (Å²) in [6, 6.07) is 7.23. The average molecular weight is 397 g/mol. The van der Waals surface area contributed by atoms with Gasteiger partial charge in [-0.05, 0) is 0 Å². The number of benzene rings is 1. The van der Waals surface area contributed by atoms with E-state index < -0.39 is 13.3 Å². The standard InChI is InChI=1S/C23H34GeN/c1-16(2)20-14-22(25(7)15-21(20)24(4,5)6)23-17(3)12-13-18-10-8-9-11-19(18)23/h12-16H,8-11H2,1-7H3/q+1. The molecular weight excluding hydrogens is 363 g/mol. The molecule has 1 aromatic heterocycles. The zero-order chi connectivity index (χ0) is 18.4. The summed E-state index contributed by atoms with van der Waals surface area (Å²) in [6.07, 6.45) is 7.63. The fourth-order valence-electron chi connectivity index (χ4n) is 4.32. The van der Waals surface area contributed by atoms with Crippen LogP contribution in [0.1, 0.15) is 54.9 Å². The van der Waals surface area contributed by atoms with Crippen molar-refractivity contribution in [2.75, 3.05) is 0 Å². The van der Waals surface area contributed by atoms with Gasteiger partial charge in [-0.1, -0.05) is 0 Å². The van der Waals surface area contributed by atoms with Gasteiger partial charge in [0.15, 0.2) is 0 Å². The minimum atomic E-state index is -1.89. The van der Waals surface area contributed by atoms with E-state index in [4.69, 9.17) is 0 Å². The zero-order valence-corrected chi connectivity index (χ0v) is 19.3. The molecule has 0 radical (unpaired) electrons. The zero-order valence-electron chi connectivity index (χ0n) is 17.2. The molecule has 134 valence electrons. The molecule has 1 heterocycles. The molecule has 1 aliphatic rings. The van der Waals surface area contributed by atoms with Crippen LogP contribution in [0, 0.1) is 6.92 Å². The predicted molar refractivity (Wildman–Crippen MR) is 112 cm³/mol. The Bertz CT molecular complexity index is 797. The maximum atomic E-state index is 2.52. The first-order valence-corrected chi connectivity index (χ1v) is 17.2.